The summed E-state index contributed by atoms with van der Waals surface area (Å²) in [4.78, 5) is 24.9. The molecule has 0 radical (unpaired) electrons. The predicted molar refractivity (Wildman–Crippen MR) is 114 cm³/mol. The summed E-state index contributed by atoms with van der Waals surface area (Å²) in [5.41, 5.74) is 2.93. The second-order valence-corrected chi connectivity index (χ2v) is 8.11. The van der Waals surface area contributed by atoms with Gasteiger partial charge in [-0.25, -0.2) is 0 Å². The summed E-state index contributed by atoms with van der Waals surface area (Å²) in [7, 11) is 4.61. The van der Waals surface area contributed by atoms with Crippen molar-refractivity contribution >= 4 is 11.9 Å². The highest BCUT2D eigenvalue weighted by Gasteiger charge is 2.47. The molecule has 2 aliphatic heterocycles. The molecule has 9 nitrogen and oxygen atoms in total. The number of fused-ring (bicyclic) bond motifs is 5. The molecule has 5 rings (SSSR count). The van der Waals surface area contributed by atoms with Crippen LogP contribution in [0.4, 0.5) is 0 Å². The van der Waals surface area contributed by atoms with E-state index in [9.17, 15) is 9.59 Å². The molecule has 1 unspecified atom stereocenters. The van der Waals surface area contributed by atoms with Gasteiger partial charge in [0.2, 0.25) is 12.5 Å². The fourth-order valence-corrected chi connectivity index (χ4v) is 4.98. The Morgan fingerprint density at radius 3 is 2.36 bits per heavy atom. The van der Waals surface area contributed by atoms with Gasteiger partial charge in [-0.3, -0.25) is 9.59 Å². The molecule has 3 atom stereocenters. The van der Waals surface area contributed by atoms with E-state index in [2.05, 4.69) is 0 Å². The van der Waals surface area contributed by atoms with Gasteiger partial charge in [-0.05, 0) is 35.7 Å². The molecule has 9 heteroatoms. The Labute approximate surface area is 190 Å². The van der Waals surface area contributed by atoms with E-state index in [1.54, 1.807) is 20.3 Å². The van der Waals surface area contributed by atoms with Crippen LogP contribution in [-0.2, 0) is 25.5 Å². The molecule has 2 aromatic rings. The van der Waals surface area contributed by atoms with E-state index < -0.39 is 18.0 Å². The summed E-state index contributed by atoms with van der Waals surface area (Å²) >= 11 is 0. The van der Waals surface area contributed by atoms with Crippen molar-refractivity contribution < 1.29 is 42.7 Å². The zero-order valence-electron chi connectivity index (χ0n) is 18.8. The van der Waals surface area contributed by atoms with Crippen LogP contribution < -0.4 is 23.7 Å². The Hall–Kier alpha value is -3.62. The van der Waals surface area contributed by atoms with Crippen LogP contribution in [0.15, 0.2) is 18.2 Å². The minimum atomic E-state index is -0.727. The Morgan fingerprint density at radius 2 is 1.70 bits per heavy atom. The van der Waals surface area contributed by atoms with E-state index in [1.165, 1.54) is 14.0 Å². The summed E-state index contributed by atoms with van der Waals surface area (Å²) in [6.45, 7) is 1.58. The van der Waals surface area contributed by atoms with E-state index in [0.717, 1.165) is 11.1 Å². The first-order chi connectivity index (χ1) is 16.0. The lowest BCUT2D eigenvalue weighted by Crippen LogP contribution is -2.29. The van der Waals surface area contributed by atoms with Crippen LogP contribution in [0, 0.1) is 11.8 Å². The van der Waals surface area contributed by atoms with Crippen molar-refractivity contribution in [3.63, 3.8) is 0 Å². The Kier molecular flexibility index (Phi) is 5.19. The largest absolute Gasteiger partial charge is 0.493 e. The van der Waals surface area contributed by atoms with Crippen LogP contribution >= 0.6 is 0 Å². The van der Waals surface area contributed by atoms with Gasteiger partial charge in [0.25, 0.3) is 0 Å². The van der Waals surface area contributed by atoms with Gasteiger partial charge in [-0.2, -0.15) is 0 Å². The number of carbonyl (C=O) groups is 2. The third kappa shape index (κ3) is 3.30. The third-order valence-corrected chi connectivity index (χ3v) is 6.39. The second-order valence-electron chi connectivity index (χ2n) is 8.11. The van der Waals surface area contributed by atoms with Gasteiger partial charge < -0.3 is 33.2 Å². The van der Waals surface area contributed by atoms with Crippen molar-refractivity contribution in [2.75, 3.05) is 34.7 Å². The maximum atomic E-state index is 12.8. The van der Waals surface area contributed by atoms with E-state index in [0.29, 0.717) is 46.3 Å². The lowest BCUT2D eigenvalue weighted by atomic mass is 9.76. The number of cyclic esters (lactones) is 1. The van der Waals surface area contributed by atoms with Gasteiger partial charge in [0, 0.05) is 24.0 Å². The lowest BCUT2D eigenvalue weighted by Gasteiger charge is -2.32. The Bertz CT molecular complexity index is 1140. The van der Waals surface area contributed by atoms with Gasteiger partial charge in [0.05, 0.1) is 33.9 Å². The molecule has 0 amide bonds. The third-order valence-electron chi connectivity index (χ3n) is 6.39. The van der Waals surface area contributed by atoms with Crippen molar-refractivity contribution in [3.05, 3.63) is 29.3 Å². The predicted octanol–water partition coefficient (Wildman–Crippen LogP) is 3.06. The van der Waals surface area contributed by atoms with Crippen molar-refractivity contribution in [2.45, 2.75) is 19.4 Å². The molecular weight excluding hydrogens is 432 g/mol. The standard InChI is InChI=1S/C24H24O9/c1-11(25)33-21-14-8-18-17(31-10-32-18)7-13(14)20-12(5-15-16(21)9-30-24(15)26)6-19(27-2)22(28-3)23(20)29-4/h6-8,15-16,21H,5,9-10H2,1-4H3/t15-,16?,21+/m1/s1. The minimum absolute atomic E-state index is 0.0834. The van der Waals surface area contributed by atoms with E-state index >= 15 is 0 Å². The minimum Gasteiger partial charge on any atom is -0.493 e. The smallest absolute Gasteiger partial charge is 0.309 e. The van der Waals surface area contributed by atoms with Crippen molar-refractivity contribution in [3.8, 4) is 39.9 Å². The van der Waals surface area contributed by atoms with Gasteiger partial charge in [-0.1, -0.05) is 0 Å². The molecule has 0 bridgehead atoms. The highest BCUT2D eigenvalue weighted by Crippen LogP contribution is 2.55. The van der Waals surface area contributed by atoms with Crippen LogP contribution in [0.2, 0.25) is 0 Å². The highest BCUT2D eigenvalue weighted by atomic mass is 16.7. The average Bonchev–Trinajstić information content (AvgIpc) is 3.40. The molecule has 1 aliphatic carbocycles. The quantitative estimate of drug-likeness (QED) is 0.643. The summed E-state index contributed by atoms with van der Waals surface area (Å²) < 4.78 is 39.5. The SMILES string of the molecule is COc1cc2c(c(OC)c1OC)-c1cc3c(cc1[C@H](OC(C)=O)C1COC(=O)[C@@H]1C2)OCO3. The number of benzene rings is 2. The van der Waals surface area contributed by atoms with Crippen molar-refractivity contribution in [1.29, 1.82) is 0 Å². The van der Waals surface area contributed by atoms with Crippen LogP contribution in [0.5, 0.6) is 28.7 Å². The molecule has 1 fully saturated rings. The monoisotopic (exact) mass is 456 g/mol. The number of hydrogen-bond acceptors (Lipinski definition) is 9. The molecule has 0 saturated carbocycles. The number of ether oxygens (including phenoxy) is 7. The molecule has 33 heavy (non-hydrogen) atoms. The van der Waals surface area contributed by atoms with E-state index in [-0.39, 0.29) is 25.3 Å². The van der Waals surface area contributed by atoms with Gasteiger partial charge in [0.15, 0.2) is 23.0 Å². The fourth-order valence-electron chi connectivity index (χ4n) is 4.98. The molecule has 3 aliphatic rings. The van der Waals surface area contributed by atoms with Crippen LogP contribution in [0.1, 0.15) is 24.2 Å². The highest BCUT2D eigenvalue weighted by molar-refractivity contribution is 5.86. The zero-order chi connectivity index (χ0) is 23.3. The average molecular weight is 456 g/mol. The molecule has 2 heterocycles. The second kappa shape index (κ2) is 8.06. The van der Waals surface area contributed by atoms with Gasteiger partial charge in [0.1, 0.15) is 6.10 Å². The first-order valence-electron chi connectivity index (χ1n) is 10.6. The van der Waals surface area contributed by atoms with Gasteiger partial charge in [-0.15, -0.1) is 0 Å². The van der Waals surface area contributed by atoms with Crippen LogP contribution in [0.3, 0.4) is 0 Å². The van der Waals surface area contributed by atoms with E-state index in [4.69, 9.17) is 33.2 Å². The maximum absolute atomic E-state index is 12.8. The Balaban J connectivity index is 1.86. The molecule has 1 saturated heterocycles. The number of rotatable bonds is 4. The van der Waals surface area contributed by atoms with Crippen LogP contribution in [-0.4, -0.2) is 46.7 Å². The topological polar surface area (TPSA) is 98.8 Å². The fraction of sp³-hybridized carbons (Fsp3) is 0.417. The number of carbonyl (C=O) groups excluding carboxylic acids is 2. The number of esters is 2. The van der Waals surface area contributed by atoms with E-state index in [1.807, 2.05) is 12.1 Å². The van der Waals surface area contributed by atoms with Crippen molar-refractivity contribution in [2.24, 2.45) is 11.8 Å². The van der Waals surface area contributed by atoms with Gasteiger partial charge >= 0.3 is 11.9 Å². The molecule has 0 spiro atoms. The molecule has 0 aromatic heterocycles. The summed E-state index contributed by atoms with van der Waals surface area (Å²) in [5, 5.41) is 0. The molecule has 0 N–H and O–H groups in total. The Morgan fingerprint density at radius 1 is 0.970 bits per heavy atom. The number of hydrogen-bond donors (Lipinski definition) is 0. The van der Waals surface area contributed by atoms with Crippen LogP contribution in [0.25, 0.3) is 11.1 Å². The van der Waals surface area contributed by atoms with Crippen molar-refractivity contribution in [1.82, 2.24) is 0 Å². The zero-order valence-corrected chi connectivity index (χ0v) is 18.8. The normalized spacial score (nSPS) is 22.2. The molecule has 2 aromatic carbocycles. The summed E-state index contributed by atoms with van der Waals surface area (Å²) in [6.07, 6.45) is -0.379. The summed E-state index contributed by atoms with van der Waals surface area (Å²) in [5.74, 6) is 0.764. The first-order valence-corrected chi connectivity index (χ1v) is 10.6. The first kappa shape index (κ1) is 21.2. The molecule has 174 valence electrons. The lowest BCUT2D eigenvalue weighted by molar-refractivity contribution is -0.150. The number of methoxy groups -OCH3 is 3. The molecular formula is C24H24O9. The maximum Gasteiger partial charge on any atom is 0.309 e. The summed E-state index contributed by atoms with van der Waals surface area (Å²) in [6, 6.07) is 5.50.